The highest BCUT2D eigenvalue weighted by Gasteiger charge is 2.38. The summed E-state index contributed by atoms with van der Waals surface area (Å²) in [7, 11) is 0. The minimum Gasteiger partial charge on any atom is -0.478 e. The number of rotatable bonds is 7. The van der Waals surface area contributed by atoms with E-state index in [0.29, 0.717) is 30.9 Å². The number of carboxylic acids is 1. The van der Waals surface area contributed by atoms with Crippen LogP contribution in [0.5, 0.6) is 11.5 Å². The van der Waals surface area contributed by atoms with Gasteiger partial charge in [-0.2, -0.15) is 0 Å². The molecule has 244 valence electrons. The van der Waals surface area contributed by atoms with Crippen LogP contribution < -0.4 is 14.5 Å². The molecule has 6 aliphatic rings. The van der Waals surface area contributed by atoms with Crippen molar-refractivity contribution >= 4 is 34.5 Å². The Morgan fingerprint density at radius 3 is 2.02 bits per heavy atom. The maximum atomic E-state index is 13.0. The van der Waals surface area contributed by atoms with Gasteiger partial charge in [-0.15, -0.1) is 0 Å². The zero-order valence-corrected chi connectivity index (χ0v) is 27.3. The Morgan fingerprint density at radius 1 is 0.851 bits per heavy atom. The van der Waals surface area contributed by atoms with Gasteiger partial charge in [0.1, 0.15) is 11.5 Å². The van der Waals surface area contributed by atoms with Crippen molar-refractivity contribution in [3.05, 3.63) is 74.9 Å². The van der Waals surface area contributed by atoms with Crippen molar-refractivity contribution in [1.82, 2.24) is 0 Å². The second-order valence-corrected chi connectivity index (χ2v) is 13.6. The van der Waals surface area contributed by atoms with E-state index < -0.39 is 5.97 Å². The third-order valence-electron chi connectivity index (χ3n) is 10.5. The third-order valence-corrected chi connectivity index (χ3v) is 10.5. The molecule has 1 amide bonds. The van der Waals surface area contributed by atoms with Crippen LogP contribution in [-0.4, -0.2) is 62.1 Å². The fraction of sp³-hybridized carbons (Fsp3) is 0.462. The van der Waals surface area contributed by atoms with E-state index in [1.54, 1.807) is 12.2 Å². The van der Waals surface area contributed by atoms with Gasteiger partial charge in [0.05, 0.1) is 11.3 Å². The first-order chi connectivity index (χ1) is 23.0. The van der Waals surface area contributed by atoms with Crippen molar-refractivity contribution < 1.29 is 24.2 Å². The summed E-state index contributed by atoms with van der Waals surface area (Å²) in [6.07, 6.45) is 15.3. The molecule has 0 saturated carbocycles. The number of benzene rings is 2. The van der Waals surface area contributed by atoms with Crippen LogP contribution in [0.1, 0.15) is 85.3 Å². The molecule has 1 N–H and O–H groups in total. The predicted molar refractivity (Wildman–Crippen MR) is 184 cm³/mol. The summed E-state index contributed by atoms with van der Waals surface area (Å²) in [6, 6.07) is 4.57. The van der Waals surface area contributed by atoms with Crippen LogP contribution in [0, 0.1) is 0 Å². The van der Waals surface area contributed by atoms with Gasteiger partial charge >= 0.3 is 5.97 Å². The number of carbonyl (C=O) groups is 2. The minimum atomic E-state index is -1.03. The lowest BCUT2D eigenvalue weighted by molar-refractivity contribution is -0.132. The first-order valence-electron chi connectivity index (χ1n) is 17.6. The molecule has 8 rings (SSSR count). The van der Waals surface area contributed by atoms with Crippen LogP contribution in [0.4, 0.5) is 11.4 Å². The van der Waals surface area contributed by atoms with Crippen LogP contribution in [0.15, 0.2) is 46.5 Å². The molecule has 0 saturated heterocycles. The Morgan fingerprint density at radius 2 is 1.45 bits per heavy atom. The Hall–Kier alpha value is -4.17. The summed E-state index contributed by atoms with van der Waals surface area (Å²) in [5.74, 6) is 0.491. The maximum Gasteiger partial charge on any atom is 0.336 e. The number of aliphatic carboxylic acids is 1. The van der Waals surface area contributed by atoms with E-state index in [2.05, 4.69) is 33.8 Å². The molecule has 1 aliphatic carbocycles. The van der Waals surface area contributed by atoms with Crippen molar-refractivity contribution in [3.63, 3.8) is 0 Å². The number of aliphatic imine (C=N–C) groups is 1. The first-order valence-corrected chi connectivity index (χ1v) is 17.6. The molecule has 2 aromatic carbocycles. The first kappa shape index (κ1) is 30.2. The number of aryl methyl sites for hydroxylation is 2. The second-order valence-electron chi connectivity index (χ2n) is 13.6. The van der Waals surface area contributed by atoms with Gasteiger partial charge < -0.3 is 24.4 Å². The summed E-state index contributed by atoms with van der Waals surface area (Å²) in [5.41, 5.74) is 11.9. The molecule has 0 aromatic heterocycles. The normalized spacial score (nSPS) is 19.9. The van der Waals surface area contributed by atoms with E-state index in [1.165, 1.54) is 33.6 Å². The van der Waals surface area contributed by atoms with Crippen molar-refractivity contribution in [2.75, 3.05) is 49.2 Å². The smallest absolute Gasteiger partial charge is 0.336 e. The average Bonchev–Trinajstić information content (AvgIpc) is 3.08. The lowest BCUT2D eigenvalue weighted by atomic mass is 9.78. The fourth-order valence-electron chi connectivity index (χ4n) is 8.57. The fourth-order valence-corrected chi connectivity index (χ4v) is 8.57. The number of carboxylic acid groups (broad SMARTS) is 1. The lowest BCUT2D eigenvalue weighted by Crippen LogP contribution is -2.36. The van der Waals surface area contributed by atoms with E-state index in [4.69, 9.17) is 9.47 Å². The van der Waals surface area contributed by atoms with Gasteiger partial charge in [0.2, 0.25) is 5.91 Å². The minimum absolute atomic E-state index is 0.153. The Balaban J connectivity index is 1.29. The standard InChI is InChI=1S/C39H43N3O5/c1-2-19-46-20-7-12-33(43)40-26-13-14-27(30(23-26)39(44)45)34-31-21-24-8-3-15-41-17-5-10-28(35(24)41)37(31)47-38-29-11-6-18-42-16-4-9-25(36(29)42)22-32(34)38/h13-14,21-23H,2-12,15-20H2,1H3,(H,44,45). The molecular weight excluding hydrogens is 590 g/mol. The zero-order chi connectivity index (χ0) is 32.1. The quantitative estimate of drug-likeness (QED) is 0.288. The summed E-state index contributed by atoms with van der Waals surface area (Å²) in [6.45, 7) is 7.51. The van der Waals surface area contributed by atoms with Gasteiger partial charge in [0.15, 0.2) is 0 Å². The van der Waals surface area contributed by atoms with E-state index in [1.807, 2.05) is 6.08 Å². The molecule has 0 atom stereocenters. The molecule has 8 heteroatoms. The van der Waals surface area contributed by atoms with Crippen LogP contribution >= 0.6 is 0 Å². The zero-order valence-electron chi connectivity index (χ0n) is 27.3. The summed E-state index contributed by atoms with van der Waals surface area (Å²) >= 11 is 0. The highest BCUT2D eigenvalue weighted by Crippen LogP contribution is 2.56. The number of anilines is 2. The van der Waals surface area contributed by atoms with Crippen molar-refractivity contribution in [1.29, 1.82) is 0 Å². The van der Waals surface area contributed by atoms with Crippen LogP contribution in [0.3, 0.4) is 0 Å². The van der Waals surface area contributed by atoms with Crippen LogP contribution in [-0.2, 0) is 40.0 Å². The average molecular weight is 634 g/mol. The number of ether oxygens (including phenoxy) is 2. The lowest BCUT2D eigenvalue weighted by Gasteiger charge is -2.42. The number of hydrogen-bond donors (Lipinski definition) is 1. The number of carbonyl (C=O) groups excluding carboxylic acids is 1. The molecule has 5 heterocycles. The molecule has 47 heavy (non-hydrogen) atoms. The molecule has 0 spiro atoms. The summed E-state index contributed by atoms with van der Waals surface area (Å²) in [5, 5.41) is 10.6. The van der Waals surface area contributed by atoms with E-state index in [9.17, 15) is 14.7 Å². The predicted octanol–water partition coefficient (Wildman–Crippen LogP) is 6.75. The molecule has 8 nitrogen and oxygen atoms in total. The molecule has 0 radical (unpaired) electrons. The molecule has 0 unspecified atom stereocenters. The highest BCUT2D eigenvalue weighted by molar-refractivity contribution is 6.17. The maximum absolute atomic E-state index is 13.0. The van der Waals surface area contributed by atoms with Crippen LogP contribution in [0.2, 0.25) is 0 Å². The third kappa shape index (κ3) is 5.31. The van der Waals surface area contributed by atoms with Crippen molar-refractivity contribution in [2.24, 2.45) is 4.99 Å². The number of hydrogen-bond acceptors (Lipinski definition) is 6. The number of fused-ring (bicyclic) bond motifs is 4. The molecule has 5 aliphatic heterocycles. The topological polar surface area (TPSA) is 91.7 Å². The number of amides is 1. The van der Waals surface area contributed by atoms with E-state index in [0.717, 1.165) is 112 Å². The Kier molecular flexibility index (Phi) is 8.00. The van der Waals surface area contributed by atoms with Gasteiger partial charge in [-0.1, -0.05) is 13.0 Å². The monoisotopic (exact) mass is 633 g/mol. The second kappa shape index (κ2) is 12.5. The van der Waals surface area contributed by atoms with Gasteiger partial charge in [-0.25, -0.2) is 9.79 Å². The van der Waals surface area contributed by atoms with E-state index >= 15 is 0 Å². The molecule has 2 aromatic rings. The van der Waals surface area contributed by atoms with Gasteiger partial charge in [-0.3, -0.25) is 4.79 Å². The van der Waals surface area contributed by atoms with Gasteiger partial charge in [-0.05, 0) is 105 Å². The molecule has 0 bridgehead atoms. The van der Waals surface area contributed by atoms with Crippen molar-refractivity contribution in [2.45, 2.75) is 77.6 Å². The van der Waals surface area contributed by atoms with E-state index in [-0.39, 0.29) is 17.9 Å². The number of allylic oxidation sites excluding steroid dienone is 3. The number of nitrogens with zero attached hydrogens (tertiary/aromatic N) is 3. The Labute approximate surface area is 276 Å². The molecule has 0 fully saturated rings. The van der Waals surface area contributed by atoms with Gasteiger partial charge in [0.25, 0.3) is 0 Å². The summed E-state index contributed by atoms with van der Waals surface area (Å²) in [4.78, 5) is 35.1. The molecular formula is C39H43N3O5. The van der Waals surface area contributed by atoms with Crippen molar-refractivity contribution in [3.8, 4) is 11.5 Å². The van der Waals surface area contributed by atoms with Crippen LogP contribution in [0.25, 0.3) is 5.57 Å². The SMILES string of the molecule is CCCOCCCC(=O)N=C1C=CC(=C2c3cc4c5c(c3Oc3c2cc2c6c3CCCN6CCC2)CCCN5CCC4)C(C(=O)O)=C1. The Bertz CT molecular complexity index is 1710. The van der Waals surface area contributed by atoms with Gasteiger partial charge in [0, 0.05) is 85.0 Å². The summed E-state index contributed by atoms with van der Waals surface area (Å²) < 4.78 is 12.6. The largest absolute Gasteiger partial charge is 0.478 e. The highest BCUT2D eigenvalue weighted by atomic mass is 16.5.